The lowest BCUT2D eigenvalue weighted by molar-refractivity contribution is -0.134. The molecule has 0 aliphatic carbocycles. The summed E-state index contributed by atoms with van der Waals surface area (Å²) in [6.45, 7) is 6.98. The second-order valence-corrected chi connectivity index (χ2v) is 4.75. The predicted molar refractivity (Wildman–Crippen MR) is 68.8 cm³/mol. The molecule has 6 nitrogen and oxygen atoms in total. The number of aromatic nitrogens is 2. The first-order valence-corrected chi connectivity index (χ1v) is 6.24. The summed E-state index contributed by atoms with van der Waals surface area (Å²) in [5.74, 6) is 1.94. The van der Waals surface area contributed by atoms with Crippen molar-refractivity contribution in [1.82, 2.24) is 15.1 Å². The van der Waals surface area contributed by atoms with Gasteiger partial charge in [0.2, 0.25) is 5.91 Å². The fourth-order valence-corrected chi connectivity index (χ4v) is 2.16. The molecule has 0 saturated carbocycles. The summed E-state index contributed by atoms with van der Waals surface area (Å²) in [7, 11) is 1.63. The second kappa shape index (κ2) is 5.29. The number of ether oxygens (including phenoxy) is 1. The van der Waals surface area contributed by atoms with Crippen LogP contribution in [0.15, 0.2) is 6.20 Å². The summed E-state index contributed by atoms with van der Waals surface area (Å²) in [4.78, 5) is 16.0. The van der Waals surface area contributed by atoms with Crippen molar-refractivity contribution in [2.75, 3.05) is 38.2 Å². The van der Waals surface area contributed by atoms with Gasteiger partial charge in [0, 0.05) is 32.1 Å². The summed E-state index contributed by atoms with van der Waals surface area (Å²) in [6.07, 6.45) is 1.67. The van der Waals surface area contributed by atoms with Crippen LogP contribution in [0.2, 0.25) is 0 Å². The monoisotopic (exact) mass is 252 g/mol. The summed E-state index contributed by atoms with van der Waals surface area (Å²) in [6, 6.07) is 0. The van der Waals surface area contributed by atoms with E-state index in [4.69, 9.17) is 4.74 Å². The lowest BCUT2D eigenvalue weighted by atomic mass is 10.1. The Morgan fingerprint density at radius 1 is 1.39 bits per heavy atom. The number of anilines is 1. The average Bonchev–Trinajstić information content (AvgIpc) is 2.86. The molecule has 1 aliphatic rings. The molecular weight excluding hydrogens is 232 g/mol. The standard InChI is InChI=1S/C12H20N4O2/c1-9(2)12(17)16-6-4-15(5-7-16)11-10(18-3)8-13-14-11/h8-9H,4-7H2,1-3H3,(H,13,14). The van der Waals surface area contributed by atoms with E-state index in [1.807, 2.05) is 18.7 Å². The van der Waals surface area contributed by atoms with Gasteiger partial charge in [0.15, 0.2) is 11.6 Å². The zero-order valence-electron chi connectivity index (χ0n) is 11.1. The molecule has 100 valence electrons. The van der Waals surface area contributed by atoms with Crippen molar-refractivity contribution in [3.63, 3.8) is 0 Å². The van der Waals surface area contributed by atoms with Crippen LogP contribution >= 0.6 is 0 Å². The number of rotatable bonds is 3. The van der Waals surface area contributed by atoms with Crippen LogP contribution in [-0.4, -0.2) is 54.3 Å². The maximum atomic E-state index is 11.9. The molecule has 2 heterocycles. The molecule has 1 aliphatic heterocycles. The van der Waals surface area contributed by atoms with Crippen molar-refractivity contribution in [3.8, 4) is 5.75 Å². The van der Waals surface area contributed by atoms with Crippen LogP contribution in [-0.2, 0) is 4.79 Å². The minimum absolute atomic E-state index is 0.0678. The number of nitrogens with zero attached hydrogens (tertiary/aromatic N) is 3. The third-order valence-corrected chi connectivity index (χ3v) is 3.21. The third-order valence-electron chi connectivity index (χ3n) is 3.21. The van der Waals surface area contributed by atoms with Crippen LogP contribution in [0.25, 0.3) is 0 Å². The molecule has 0 spiro atoms. The van der Waals surface area contributed by atoms with E-state index >= 15 is 0 Å². The van der Waals surface area contributed by atoms with Gasteiger partial charge < -0.3 is 14.5 Å². The Labute approximate surface area is 107 Å². The van der Waals surface area contributed by atoms with Crippen molar-refractivity contribution < 1.29 is 9.53 Å². The molecule has 0 bridgehead atoms. The molecule has 1 N–H and O–H groups in total. The van der Waals surface area contributed by atoms with E-state index in [0.717, 1.165) is 37.7 Å². The van der Waals surface area contributed by atoms with Gasteiger partial charge in [-0.15, -0.1) is 0 Å². The van der Waals surface area contributed by atoms with Gasteiger partial charge in [-0.3, -0.25) is 9.89 Å². The van der Waals surface area contributed by atoms with E-state index in [1.165, 1.54) is 0 Å². The van der Waals surface area contributed by atoms with Crippen molar-refractivity contribution in [2.24, 2.45) is 5.92 Å². The van der Waals surface area contributed by atoms with Crippen LogP contribution in [0.3, 0.4) is 0 Å². The molecule has 0 aromatic carbocycles. The number of methoxy groups -OCH3 is 1. The SMILES string of the molecule is COc1cn[nH]c1N1CCN(C(=O)C(C)C)CC1. The topological polar surface area (TPSA) is 61.5 Å². The second-order valence-electron chi connectivity index (χ2n) is 4.75. The van der Waals surface area contributed by atoms with Crippen molar-refractivity contribution in [2.45, 2.75) is 13.8 Å². The van der Waals surface area contributed by atoms with Crippen molar-refractivity contribution >= 4 is 11.7 Å². The first-order valence-electron chi connectivity index (χ1n) is 6.24. The van der Waals surface area contributed by atoms with Gasteiger partial charge in [-0.25, -0.2) is 0 Å². The molecule has 0 atom stereocenters. The van der Waals surface area contributed by atoms with Gasteiger partial charge in [-0.1, -0.05) is 13.8 Å². The molecule has 1 aromatic rings. The number of nitrogens with one attached hydrogen (secondary N) is 1. The van der Waals surface area contributed by atoms with Crippen LogP contribution in [0.1, 0.15) is 13.8 Å². The number of H-pyrrole nitrogens is 1. The van der Waals surface area contributed by atoms with Crippen molar-refractivity contribution in [1.29, 1.82) is 0 Å². The normalized spacial score (nSPS) is 16.2. The Balaban J connectivity index is 1.96. The highest BCUT2D eigenvalue weighted by atomic mass is 16.5. The van der Waals surface area contributed by atoms with Gasteiger partial charge in [0.05, 0.1) is 13.3 Å². The molecule has 1 amide bonds. The molecule has 1 saturated heterocycles. The summed E-state index contributed by atoms with van der Waals surface area (Å²) in [5, 5.41) is 6.92. The maximum absolute atomic E-state index is 11.9. The lowest BCUT2D eigenvalue weighted by Gasteiger charge is -2.36. The molecule has 1 aromatic heterocycles. The number of amides is 1. The summed E-state index contributed by atoms with van der Waals surface area (Å²) < 4.78 is 5.24. The highest BCUT2D eigenvalue weighted by Crippen LogP contribution is 2.25. The van der Waals surface area contributed by atoms with E-state index in [0.29, 0.717) is 0 Å². The Hall–Kier alpha value is -1.72. The van der Waals surface area contributed by atoms with Crippen LogP contribution in [0.4, 0.5) is 5.82 Å². The first kappa shape index (κ1) is 12.7. The number of hydrogen-bond donors (Lipinski definition) is 1. The Kier molecular flexibility index (Phi) is 3.74. The highest BCUT2D eigenvalue weighted by Gasteiger charge is 2.24. The predicted octanol–water partition coefficient (Wildman–Crippen LogP) is 0.723. The number of carbonyl (C=O) groups is 1. The van der Waals surface area contributed by atoms with Gasteiger partial charge in [0.25, 0.3) is 0 Å². The molecule has 6 heteroatoms. The van der Waals surface area contributed by atoms with Gasteiger partial charge in [-0.05, 0) is 0 Å². The van der Waals surface area contributed by atoms with E-state index in [2.05, 4.69) is 15.1 Å². The number of carbonyl (C=O) groups excluding carboxylic acids is 1. The Morgan fingerprint density at radius 2 is 2.06 bits per heavy atom. The first-order chi connectivity index (χ1) is 8.63. The minimum atomic E-state index is 0.0678. The van der Waals surface area contributed by atoms with Crippen molar-refractivity contribution in [3.05, 3.63) is 6.20 Å². The number of hydrogen-bond acceptors (Lipinski definition) is 4. The fraction of sp³-hybridized carbons (Fsp3) is 0.667. The maximum Gasteiger partial charge on any atom is 0.225 e. The third kappa shape index (κ3) is 2.42. The van der Waals surface area contributed by atoms with E-state index < -0.39 is 0 Å². The quantitative estimate of drug-likeness (QED) is 0.861. The molecule has 18 heavy (non-hydrogen) atoms. The Morgan fingerprint density at radius 3 is 2.61 bits per heavy atom. The smallest absolute Gasteiger partial charge is 0.225 e. The lowest BCUT2D eigenvalue weighted by Crippen LogP contribution is -2.50. The summed E-state index contributed by atoms with van der Waals surface area (Å²) in [5.41, 5.74) is 0. The molecule has 0 radical (unpaired) electrons. The highest BCUT2D eigenvalue weighted by molar-refractivity contribution is 5.78. The van der Waals surface area contributed by atoms with Gasteiger partial charge in [-0.2, -0.15) is 5.10 Å². The van der Waals surface area contributed by atoms with E-state index in [1.54, 1.807) is 13.3 Å². The Bertz CT molecular complexity index is 408. The van der Waals surface area contributed by atoms with Gasteiger partial charge >= 0.3 is 0 Å². The van der Waals surface area contributed by atoms with Crippen LogP contribution in [0, 0.1) is 5.92 Å². The summed E-state index contributed by atoms with van der Waals surface area (Å²) >= 11 is 0. The number of aromatic amines is 1. The largest absolute Gasteiger partial charge is 0.491 e. The fourth-order valence-electron chi connectivity index (χ4n) is 2.16. The minimum Gasteiger partial charge on any atom is -0.491 e. The molecular formula is C12H20N4O2. The van der Waals surface area contributed by atoms with Crippen LogP contribution in [0.5, 0.6) is 5.75 Å². The zero-order valence-corrected chi connectivity index (χ0v) is 11.1. The number of piperazine rings is 1. The zero-order chi connectivity index (χ0) is 13.1. The molecule has 0 unspecified atom stereocenters. The average molecular weight is 252 g/mol. The van der Waals surface area contributed by atoms with E-state index in [-0.39, 0.29) is 11.8 Å². The molecule has 1 fully saturated rings. The van der Waals surface area contributed by atoms with Crippen LogP contribution < -0.4 is 9.64 Å². The van der Waals surface area contributed by atoms with Gasteiger partial charge in [0.1, 0.15) is 0 Å². The molecule has 2 rings (SSSR count). The van der Waals surface area contributed by atoms with E-state index in [9.17, 15) is 4.79 Å².